The van der Waals surface area contributed by atoms with E-state index in [4.69, 9.17) is 9.47 Å². The van der Waals surface area contributed by atoms with E-state index in [9.17, 15) is 19.5 Å². The van der Waals surface area contributed by atoms with Crippen molar-refractivity contribution >= 4 is 23.5 Å². The average Bonchev–Trinajstić information content (AvgIpc) is 3.55. The van der Waals surface area contributed by atoms with Crippen molar-refractivity contribution in [1.29, 1.82) is 0 Å². The fraction of sp³-hybridized carbons (Fsp3) is 0.600. The number of carbonyl (C=O) groups is 2. The molecule has 1 saturated heterocycles. The topological polar surface area (TPSA) is 127 Å². The lowest BCUT2D eigenvalue weighted by molar-refractivity contribution is -0.136. The van der Waals surface area contributed by atoms with Crippen LogP contribution in [0.2, 0.25) is 0 Å². The Hall–Kier alpha value is -3.18. The highest BCUT2D eigenvalue weighted by Gasteiger charge is 2.31. The van der Waals surface area contributed by atoms with Crippen LogP contribution in [0.25, 0.3) is 11.7 Å². The van der Waals surface area contributed by atoms with Crippen LogP contribution in [0.15, 0.2) is 10.9 Å². The molecule has 36 heavy (non-hydrogen) atoms. The number of ether oxygens (including phenoxy) is 2. The van der Waals surface area contributed by atoms with Gasteiger partial charge in [0.05, 0.1) is 31.6 Å². The Bertz CT molecular complexity index is 1250. The Labute approximate surface area is 209 Å². The zero-order valence-electron chi connectivity index (χ0n) is 21.5. The van der Waals surface area contributed by atoms with Crippen LogP contribution in [0, 0.1) is 12.3 Å². The molecule has 1 unspecified atom stereocenters. The first-order valence-electron chi connectivity index (χ1n) is 12.2. The predicted octanol–water partition coefficient (Wildman–Crippen LogP) is 1.34. The van der Waals surface area contributed by atoms with E-state index in [0.29, 0.717) is 49.8 Å². The summed E-state index contributed by atoms with van der Waals surface area (Å²) in [6.45, 7) is 9.64. The first-order valence-corrected chi connectivity index (χ1v) is 12.2. The van der Waals surface area contributed by atoms with Crippen LogP contribution in [-0.2, 0) is 20.8 Å². The molecule has 1 atom stereocenters. The molecule has 0 radical (unpaired) electrons. The molecule has 1 aliphatic heterocycles. The number of nitrogens with one attached hydrogen (secondary N) is 1. The number of fused-ring (bicyclic) bond motifs is 1. The van der Waals surface area contributed by atoms with E-state index in [1.165, 1.54) is 10.6 Å². The van der Waals surface area contributed by atoms with Gasteiger partial charge >= 0.3 is 0 Å². The number of morpholine rings is 1. The van der Waals surface area contributed by atoms with Gasteiger partial charge in [-0.3, -0.25) is 19.0 Å². The van der Waals surface area contributed by atoms with Gasteiger partial charge in [-0.15, -0.1) is 0 Å². The summed E-state index contributed by atoms with van der Waals surface area (Å²) in [6, 6.07) is -0.171. The normalized spacial score (nSPS) is 18.8. The zero-order valence-corrected chi connectivity index (χ0v) is 21.5. The number of methoxy groups -OCH3 is 1. The lowest BCUT2D eigenvalue weighted by Crippen LogP contribution is -2.50. The van der Waals surface area contributed by atoms with E-state index in [-0.39, 0.29) is 29.0 Å². The first kappa shape index (κ1) is 25.9. The molecular formula is C25H35N5O6. The lowest BCUT2D eigenvalue weighted by Gasteiger charge is -2.34. The molecule has 1 aliphatic carbocycles. The second-order valence-electron chi connectivity index (χ2n) is 10.7. The van der Waals surface area contributed by atoms with Crippen molar-refractivity contribution in [2.24, 2.45) is 5.41 Å². The van der Waals surface area contributed by atoms with Gasteiger partial charge in [-0.05, 0) is 31.3 Å². The molecular weight excluding hydrogens is 466 g/mol. The maximum absolute atomic E-state index is 13.3. The first-order chi connectivity index (χ1) is 17.0. The number of aromatic nitrogens is 3. The number of aryl methyl sites for hydroxylation is 1. The quantitative estimate of drug-likeness (QED) is 0.548. The molecule has 1 saturated carbocycles. The van der Waals surface area contributed by atoms with Crippen molar-refractivity contribution in [1.82, 2.24) is 24.4 Å². The molecule has 0 bridgehead atoms. The minimum absolute atomic E-state index is 0.0223. The SMILES string of the molecule is COCC1COCCN1C(=O)C=Cc1c(C)nn2c(=O)c(C(=O)NC3CC3)c(O)n(CC(C)(C)C)c12. The van der Waals surface area contributed by atoms with Gasteiger partial charge in [0, 0.05) is 37.9 Å². The number of rotatable bonds is 7. The van der Waals surface area contributed by atoms with Gasteiger partial charge in [0.1, 0.15) is 5.65 Å². The smallest absolute Gasteiger partial charge is 0.291 e. The summed E-state index contributed by atoms with van der Waals surface area (Å²) in [7, 11) is 1.58. The van der Waals surface area contributed by atoms with Gasteiger partial charge in [0.2, 0.25) is 11.8 Å². The molecule has 2 aromatic heterocycles. The van der Waals surface area contributed by atoms with E-state index in [1.54, 1.807) is 25.0 Å². The fourth-order valence-electron chi connectivity index (χ4n) is 4.39. The van der Waals surface area contributed by atoms with Gasteiger partial charge in [-0.2, -0.15) is 9.61 Å². The van der Waals surface area contributed by atoms with Gasteiger partial charge in [0.15, 0.2) is 5.56 Å². The van der Waals surface area contributed by atoms with Crippen LogP contribution in [0.1, 0.15) is 55.2 Å². The molecule has 196 valence electrons. The Morgan fingerprint density at radius 2 is 2.03 bits per heavy atom. The molecule has 2 N–H and O–H groups in total. The molecule has 0 spiro atoms. The third-order valence-electron chi connectivity index (χ3n) is 6.26. The second-order valence-corrected chi connectivity index (χ2v) is 10.7. The molecule has 11 nitrogen and oxygen atoms in total. The molecule has 11 heteroatoms. The Kier molecular flexibility index (Phi) is 7.24. The molecule has 3 heterocycles. The van der Waals surface area contributed by atoms with Crippen molar-refractivity contribution < 1.29 is 24.2 Å². The van der Waals surface area contributed by atoms with Crippen LogP contribution in [0.3, 0.4) is 0 Å². The summed E-state index contributed by atoms with van der Waals surface area (Å²) >= 11 is 0. The minimum atomic E-state index is -0.701. The highest BCUT2D eigenvalue weighted by atomic mass is 16.5. The number of aromatic hydroxyl groups is 1. The minimum Gasteiger partial charge on any atom is -0.494 e. The van der Waals surface area contributed by atoms with Crippen LogP contribution >= 0.6 is 0 Å². The van der Waals surface area contributed by atoms with Gasteiger partial charge in [-0.25, -0.2) is 0 Å². The van der Waals surface area contributed by atoms with Crippen LogP contribution in [-0.4, -0.2) is 81.6 Å². The highest BCUT2D eigenvalue weighted by Crippen LogP contribution is 2.28. The summed E-state index contributed by atoms with van der Waals surface area (Å²) < 4.78 is 13.4. The van der Waals surface area contributed by atoms with E-state index < -0.39 is 17.3 Å². The van der Waals surface area contributed by atoms with Crippen molar-refractivity contribution in [2.45, 2.75) is 59.2 Å². The number of hydrogen-bond acceptors (Lipinski definition) is 7. The summed E-state index contributed by atoms with van der Waals surface area (Å²) in [6.07, 6.45) is 4.75. The summed E-state index contributed by atoms with van der Waals surface area (Å²) in [5.74, 6) is -1.23. The third-order valence-corrected chi connectivity index (χ3v) is 6.26. The monoisotopic (exact) mass is 501 g/mol. The summed E-state index contributed by atoms with van der Waals surface area (Å²) in [5, 5.41) is 18.4. The fourth-order valence-corrected chi connectivity index (χ4v) is 4.39. The van der Waals surface area contributed by atoms with Crippen molar-refractivity contribution in [3.63, 3.8) is 0 Å². The molecule has 0 aromatic carbocycles. The molecule has 2 aliphatic rings. The number of carbonyl (C=O) groups excluding carboxylic acids is 2. The van der Waals surface area contributed by atoms with Gasteiger partial charge in [-0.1, -0.05) is 20.8 Å². The Balaban J connectivity index is 1.79. The van der Waals surface area contributed by atoms with E-state index in [0.717, 1.165) is 17.4 Å². The molecule has 2 fully saturated rings. The molecule has 2 amide bonds. The van der Waals surface area contributed by atoms with Crippen molar-refractivity contribution in [2.75, 3.05) is 33.5 Å². The number of amides is 2. The van der Waals surface area contributed by atoms with E-state index >= 15 is 0 Å². The highest BCUT2D eigenvalue weighted by molar-refractivity contribution is 5.97. The van der Waals surface area contributed by atoms with Gasteiger partial charge < -0.3 is 24.8 Å². The maximum Gasteiger partial charge on any atom is 0.291 e. The summed E-state index contributed by atoms with van der Waals surface area (Å²) in [4.78, 5) is 40.9. The molecule has 2 aromatic rings. The van der Waals surface area contributed by atoms with Crippen molar-refractivity contribution in [3.05, 3.63) is 33.3 Å². The van der Waals surface area contributed by atoms with Crippen LogP contribution in [0.5, 0.6) is 5.88 Å². The summed E-state index contributed by atoms with van der Waals surface area (Å²) in [5.41, 5.74) is 0.0103. The van der Waals surface area contributed by atoms with Gasteiger partial charge in [0.25, 0.3) is 11.5 Å². The average molecular weight is 502 g/mol. The number of hydrogen-bond donors (Lipinski definition) is 2. The van der Waals surface area contributed by atoms with Crippen LogP contribution < -0.4 is 10.9 Å². The standard InChI is InChI=1S/C25H35N5O6/c1-15-18(8-9-19(31)28-10-11-36-13-17(28)12-35-5)22-29(14-25(2,3)4)23(33)20(24(34)30(22)27-15)21(32)26-16-6-7-16/h8-9,16-17,33H,6-7,10-14H2,1-5H3,(H,26,32). The largest absolute Gasteiger partial charge is 0.494 e. The van der Waals surface area contributed by atoms with E-state index in [2.05, 4.69) is 10.4 Å². The van der Waals surface area contributed by atoms with E-state index in [1.807, 2.05) is 20.8 Å². The Morgan fingerprint density at radius 3 is 2.67 bits per heavy atom. The third kappa shape index (κ3) is 5.31. The number of nitrogens with zero attached hydrogens (tertiary/aromatic N) is 4. The molecule has 4 rings (SSSR count). The Morgan fingerprint density at radius 1 is 1.31 bits per heavy atom. The lowest BCUT2D eigenvalue weighted by atomic mass is 9.96. The maximum atomic E-state index is 13.3. The van der Waals surface area contributed by atoms with Crippen LogP contribution in [0.4, 0.5) is 0 Å². The van der Waals surface area contributed by atoms with Crippen molar-refractivity contribution in [3.8, 4) is 5.88 Å². The predicted molar refractivity (Wildman–Crippen MR) is 133 cm³/mol. The second kappa shape index (κ2) is 10.1. The zero-order chi connectivity index (χ0) is 26.2.